The monoisotopic (exact) mass is 288 g/mol. The van der Waals surface area contributed by atoms with Crippen molar-refractivity contribution < 1.29 is 0 Å². The fraction of sp³-hybridized carbons (Fsp3) is 0.600. The van der Waals surface area contributed by atoms with E-state index < -0.39 is 0 Å². The van der Waals surface area contributed by atoms with Gasteiger partial charge in [-0.2, -0.15) is 4.98 Å². The summed E-state index contributed by atoms with van der Waals surface area (Å²) in [6.07, 6.45) is 4.08. The van der Waals surface area contributed by atoms with Crippen LogP contribution in [0.5, 0.6) is 0 Å². The predicted molar refractivity (Wildman–Crippen MR) is 84.8 cm³/mol. The Balaban J connectivity index is 1.83. The zero-order chi connectivity index (χ0) is 13.7. The third-order valence-corrected chi connectivity index (χ3v) is 5.46. The molecule has 2 aromatic heterocycles. The zero-order valence-electron chi connectivity index (χ0n) is 12.0. The number of rotatable bonds is 3. The number of anilines is 2. The number of nitrogens with one attached hydrogen (secondary N) is 1. The van der Waals surface area contributed by atoms with Crippen molar-refractivity contribution in [1.29, 1.82) is 0 Å². The van der Waals surface area contributed by atoms with E-state index in [1.54, 1.807) is 11.3 Å². The quantitative estimate of drug-likeness (QED) is 0.939. The normalized spacial score (nSPS) is 24.8. The van der Waals surface area contributed by atoms with Gasteiger partial charge in [0.05, 0.1) is 5.39 Å². The average Bonchev–Trinajstić information content (AvgIpc) is 3.11. The van der Waals surface area contributed by atoms with Crippen LogP contribution in [0.3, 0.4) is 0 Å². The highest BCUT2D eigenvalue weighted by molar-refractivity contribution is 7.18. The second-order valence-corrected chi connectivity index (χ2v) is 7.20. The number of piperidine rings is 1. The van der Waals surface area contributed by atoms with Gasteiger partial charge in [0.1, 0.15) is 10.6 Å². The molecule has 1 aliphatic carbocycles. The molecule has 0 amide bonds. The first-order valence-electron chi connectivity index (χ1n) is 7.53. The SMILES string of the molecule is CCNc1nc(N2CC3CCC2C3)c2cc(C)sc2n1. The number of hydrogen-bond acceptors (Lipinski definition) is 5. The van der Waals surface area contributed by atoms with Gasteiger partial charge < -0.3 is 10.2 Å². The molecule has 5 heteroatoms. The van der Waals surface area contributed by atoms with Crippen LogP contribution in [0.4, 0.5) is 11.8 Å². The largest absolute Gasteiger partial charge is 0.354 e. The molecule has 1 N–H and O–H groups in total. The Bertz CT molecular complexity index is 651. The molecule has 2 atom stereocenters. The lowest BCUT2D eigenvalue weighted by molar-refractivity contribution is 0.551. The van der Waals surface area contributed by atoms with Gasteiger partial charge in [-0.1, -0.05) is 0 Å². The van der Waals surface area contributed by atoms with Gasteiger partial charge in [0.25, 0.3) is 0 Å². The van der Waals surface area contributed by atoms with Crippen LogP contribution < -0.4 is 10.2 Å². The molecule has 4 rings (SSSR count). The van der Waals surface area contributed by atoms with Gasteiger partial charge in [0.15, 0.2) is 0 Å². The summed E-state index contributed by atoms with van der Waals surface area (Å²) >= 11 is 1.77. The summed E-state index contributed by atoms with van der Waals surface area (Å²) in [5.74, 6) is 2.81. The number of fused-ring (bicyclic) bond motifs is 3. The molecule has 20 heavy (non-hydrogen) atoms. The molecule has 1 aliphatic heterocycles. The van der Waals surface area contributed by atoms with Crippen LogP contribution in [0.2, 0.25) is 0 Å². The van der Waals surface area contributed by atoms with Crippen LogP contribution in [-0.4, -0.2) is 29.1 Å². The minimum Gasteiger partial charge on any atom is -0.354 e. The lowest BCUT2D eigenvalue weighted by Crippen LogP contribution is -2.32. The van der Waals surface area contributed by atoms with E-state index >= 15 is 0 Å². The van der Waals surface area contributed by atoms with E-state index in [0.717, 1.165) is 29.1 Å². The van der Waals surface area contributed by atoms with Crippen LogP contribution in [0.15, 0.2) is 6.07 Å². The van der Waals surface area contributed by atoms with Gasteiger partial charge in [0.2, 0.25) is 5.95 Å². The van der Waals surface area contributed by atoms with Gasteiger partial charge in [-0.15, -0.1) is 11.3 Å². The maximum Gasteiger partial charge on any atom is 0.226 e. The smallest absolute Gasteiger partial charge is 0.226 e. The fourth-order valence-corrected chi connectivity index (χ4v) is 4.54. The number of nitrogens with zero attached hydrogens (tertiary/aromatic N) is 3. The minimum absolute atomic E-state index is 0.702. The summed E-state index contributed by atoms with van der Waals surface area (Å²) in [4.78, 5) is 14.4. The first-order chi connectivity index (χ1) is 9.74. The molecule has 2 fully saturated rings. The second-order valence-electron chi connectivity index (χ2n) is 5.96. The van der Waals surface area contributed by atoms with Crippen molar-refractivity contribution in [1.82, 2.24) is 9.97 Å². The molecule has 0 aromatic carbocycles. The Hall–Kier alpha value is -1.36. The van der Waals surface area contributed by atoms with E-state index in [1.807, 2.05) is 0 Å². The molecule has 2 aromatic rings. The molecule has 3 heterocycles. The fourth-order valence-electron chi connectivity index (χ4n) is 3.67. The van der Waals surface area contributed by atoms with E-state index in [1.165, 1.54) is 36.1 Å². The first-order valence-corrected chi connectivity index (χ1v) is 8.35. The molecule has 1 saturated heterocycles. The number of thiophene rings is 1. The molecule has 0 spiro atoms. The van der Waals surface area contributed by atoms with Gasteiger partial charge in [0, 0.05) is 24.0 Å². The summed E-state index contributed by atoms with van der Waals surface area (Å²) in [5, 5.41) is 4.51. The Morgan fingerprint density at radius 2 is 2.30 bits per heavy atom. The highest BCUT2D eigenvalue weighted by Crippen LogP contribution is 2.42. The average molecular weight is 288 g/mol. The van der Waals surface area contributed by atoms with Gasteiger partial charge in [-0.3, -0.25) is 0 Å². The van der Waals surface area contributed by atoms with E-state index in [4.69, 9.17) is 4.98 Å². The highest BCUT2D eigenvalue weighted by Gasteiger charge is 2.39. The van der Waals surface area contributed by atoms with Crippen LogP contribution in [0, 0.1) is 12.8 Å². The van der Waals surface area contributed by atoms with Gasteiger partial charge in [-0.05, 0) is 45.1 Å². The Kier molecular flexibility index (Phi) is 2.84. The Labute approximate surface area is 123 Å². The van der Waals surface area contributed by atoms with Gasteiger partial charge >= 0.3 is 0 Å². The summed E-state index contributed by atoms with van der Waals surface area (Å²) in [5.41, 5.74) is 0. The molecule has 1 saturated carbocycles. The van der Waals surface area contributed by atoms with Crippen molar-refractivity contribution in [3.8, 4) is 0 Å². The molecular weight excluding hydrogens is 268 g/mol. The summed E-state index contributed by atoms with van der Waals surface area (Å²) in [6.45, 7) is 6.28. The first kappa shape index (κ1) is 12.4. The van der Waals surface area contributed by atoms with Crippen molar-refractivity contribution in [2.45, 2.75) is 39.2 Å². The van der Waals surface area contributed by atoms with Crippen molar-refractivity contribution in [3.63, 3.8) is 0 Å². The molecule has 0 radical (unpaired) electrons. The summed E-state index contributed by atoms with van der Waals surface area (Å²) < 4.78 is 0. The molecule has 2 bridgehead atoms. The number of aryl methyl sites for hydroxylation is 1. The van der Waals surface area contributed by atoms with Crippen LogP contribution in [0.25, 0.3) is 10.2 Å². The van der Waals surface area contributed by atoms with E-state index in [-0.39, 0.29) is 0 Å². The summed E-state index contributed by atoms with van der Waals surface area (Å²) in [6, 6.07) is 2.95. The van der Waals surface area contributed by atoms with Gasteiger partial charge in [-0.25, -0.2) is 4.98 Å². The topological polar surface area (TPSA) is 41.1 Å². The van der Waals surface area contributed by atoms with E-state index in [0.29, 0.717) is 6.04 Å². The second kappa shape index (κ2) is 4.58. The number of aromatic nitrogens is 2. The van der Waals surface area contributed by atoms with Crippen LogP contribution >= 0.6 is 11.3 Å². The van der Waals surface area contributed by atoms with Crippen LogP contribution in [-0.2, 0) is 0 Å². The number of hydrogen-bond donors (Lipinski definition) is 1. The maximum absolute atomic E-state index is 4.82. The van der Waals surface area contributed by atoms with Crippen molar-refractivity contribution >= 4 is 33.3 Å². The lowest BCUT2D eigenvalue weighted by atomic mass is 10.1. The zero-order valence-corrected chi connectivity index (χ0v) is 12.8. The van der Waals surface area contributed by atoms with Crippen molar-refractivity contribution in [2.75, 3.05) is 23.3 Å². The summed E-state index contributed by atoms with van der Waals surface area (Å²) in [7, 11) is 0. The third kappa shape index (κ3) is 1.87. The molecule has 106 valence electrons. The standard InChI is InChI=1S/C15H20N4S/c1-3-16-15-17-13(12-6-9(2)20-14(12)18-15)19-8-10-4-5-11(19)7-10/h6,10-11H,3-5,7-8H2,1-2H3,(H,16,17,18). The molecule has 4 nitrogen and oxygen atoms in total. The maximum atomic E-state index is 4.82. The van der Waals surface area contributed by atoms with E-state index in [2.05, 4.69) is 35.1 Å². The van der Waals surface area contributed by atoms with Crippen molar-refractivity contribution in [3.05, 3.63) is 10.9 Å². The predicted octanol–water partition coefficient (Wildman–Crippen LogP) is 3.42. The molecule has 2 aliphatic rings. The Morgan fingerprint density at radius 1 is 1.40 bits per heavy atom. The third-order valence-electron chi connectivity index (χ3n) is 4.51. The van der Waals surface area contributed by atoms with E-state index in [9.17, 15) is 0 Å². The highest BCUT2D eigenvalue weighted by atomic mass is 32.1. The Morgan fingerprint density at radius 3 is 3.00 bits per heavy atom. The van der Waals surface area contributed by atoms with Crippen molar-refractivity contribution in [2.24, 2.45) is 5.92 Å². The lowest BCUT2D eigenvalue weighted by Gasteiger charge is -2.28. The minimum atomic E-state index is 0.702. The molecule has 2 unspecified atom stereocenters. The van der Waals surface area contributed by atoms with Crippen LogP contribution in [0.1, 0.15) is 31.1 Å². The molecular formula is C15H20N4S.